The number of aromatic nitrogens is 2. The first kappa shape index (κ1) is 25.9. The van der Waals surface area contributed by atoms with Crippen LogP contribution in [0.2, 0.25) is 0 Å². The molecule has 3 aromatic rings. The summed E-state index contributed by atoms with van der Waals surface area (Å²) >= 11 is 0. The molecule has 3 aliphatic rings. The second-order valence-electron chi connectivity index (χ2n) is 11.2. The van der Waals surface area contributed by atoms with E-state index >= 15 is 0 Å². The minimum Gasteiger partial charge on any atom is -0.406 e. The fourth-order valence-electron chi connectivity index (χ4n) is 6.63. The van der Waals surface area contributed by atoms with Crippen molar-refractivity contribution in [1.29, 1.82) is 0 Å². The van der Waals surface area contributed by atoms with E-state index in [9.17, 15) is 13.2 Å². The first-order valence-electron chi connectivity index (χ1n) is 13.8. The Kier molecular flexibility index (Phi) is 7.10. The smallest absolute Gasteiger partial charge is 0.406 e. The lowest BCUT2D eigenvalue weighted by Gasteiger charge is -2.41. The average Bonchev–Trinajstić information content (AvgIpc) is 3.51. The molecule has 1 saturated heterocycles. The minimum atomic E-state index is -4.71. The van der Waals surface area contributed by atoms with E-state index in [0.29, 0.717) is 29.4 Å². The number of aryl methyl sites for hydroxylation is 1. The van der Waals surface area contributed by atoms with Gasteiger partial charge >= 0.3 is 6.36 Å². The Labute approximate surface area is 227 Å². The molecule has 0 radical (unpaired) electrons. The van der Waals surface area contributed by atoms with Crippen LogP contribution in [0.25, 0.3) is 11.3 Å². The Hall–Kier alpha value is -3.33. The Morgan fingerprint density at radius 1 is 0.897 bits per heavy atom. The SMILES string of the molecule is Cc1ccc(N2C[C@@H]3C[C@H](N[C@@H]4CCCC[C@H]4Nc4cc(-c5ccc(OC(F)(F)F)cc5)ncn4)[C@H]2C3)cc1. The number of anilines is 2. The number of alkyl halides is 3. The normalized spacial score (nSPS) is 26.6. The van der Waals surface area contributed by atoms with Crippen LogP contribution >= 0.6 is 0 Å². The van der Waals surface area contributed by atoms with Crippen molar-refractivity contribution in [2.24, 2.45) is 5.92 Å². The molecule has 5 atom stereocenters. The Bertz CT molecular complexity index is 1270. The lowest BCUT2D eigenvalue weighted by atomic mass is 9.89. The van der Waals surface area contributed by atoms with E-state index in [1.54, 1.807) is 12.1 Å². The maximum Gasteiger partial charge on any atom is 0.573 e. The molecule has 9 heteroatoms. The first-order chi connectivity index (χ1) is 18.8. The molecule has 6 rings (SSSR count). The molecule has 206 valence electrons. The fraction of sp³-hybridized carbons (Fsp3) is 0.467. The molecule has 0 amide bonds. The summed E-state index contributed by atoms with van der Waals surface area (Å²) in [6, 6.07) is 18.1. The summed E-state index contributed by atoms with van der Waals surface area (Å²) in [4.78, 5) is 11.4. The number of piperidine rings is 1. The van der Waals surface area contributed by atoms with Crippen molar-refractivity contribution in [3.8, 4) is 17.0 Å². The van der Waals surface area contributed by atoms with Gasteiger partial charge in [0.2, 0.25) is 0 Å². The molecule has 6 nitrogen and oxygen atoms in total. The van der Waals surface area contributed by atoms with Crippen molar-refractivity contribution in [1.82, 2.24) is 15.3 Å². The zero-order valence-corrected chi connectivity index (χ0v) is 22.0. The first-order valence-corrected chi connectivity index (χ1v) is 13.8. The van der Waals surface area contributed by atoms with Gasteiger partial charge < -0.3 is 20.3 Å². The zero-order chi connectivity index (χ0) is 27.0. The predicted molar refractivity (Wildman–Crippen MR) is 146 cm³/mol. The maximum absolute atomic E-state index is 12.5. The lowest BCUT2D eigenvalue weighted by molar-refractivity contribution is -0.274. The molecule has 2 saturated carbocycles. The molecular formula is C30H34F3N5O. The monoisotopic (exact) mass is 537 g/mol. The van der Waals surface area contributed by atoms with Crippen molar-refractivity contribution in [2.75, 3.05) is 16.8 Å². The van der Waals surface area contributed by atoms with E-state index in [2.05, 4.69) is 61.4 Å². The largest absolute Gasteiger partial charge is 0.573 e. The molecule has 39 heavy (non-hydrogen) atoms. The number of hydrogen-bond donors (Lipinski definition) is 2. The topological polar surface area (TPSA) is 62.3 Å². The van der Waals surface area contributed by atoms with Gasteiger partial charge in [-0.05, 0) is 74.9 Å². The van der Waals surface area contributed by atoms with Gasteiger partial charge in [-0.2, -0.15) is 0 Å². The van der Waals surface area contributed by atoms with Gasteiger partial charge in [-0.3, -0.25) is 0 Å². The van der Waals surface area contributed by atoms with Crippen LogP contribution in [0.15, 0.2) is 60.9 Å². The van der Waals surface area contributed by atoms with Crippen LogP contribution in [0.4, 0.5) is 24.7 Å². The third-order valence-electron chi connectivity index (χ3n) is 8.43. The number of fused-ring (bicyclic) bond motifs is 2. The minimum absolute atomic E-state index is 0.246. The number of nitrogens with zero attached hydrogens (tertiary/aromatic N) is 3. The summed E-state index contributed by atoms with van der Waals surface area (Å²) in [5.41, 5.74) is 3.96. The predicted octanol–water partition coefficient (Wildman–Crippen LogP) is 6.33. The van der Waals surface area contributed by atoms with Crippen LogP contribution in [0.3, 0.4) is 0 Å². The number of ether oxygens (including phenoxy) is 1. The highest BCUT2D eigenvalue weighted by atomic mass is 19.4. The van der Waals surface area contributed by atoms with Gasteiger partial charge in [0.05, 0.1) is 5.69 Å². The van der Waals surface area contributed by atoms with Crippen LogP contribution in [0.5, 0.6) is 5.75 Å². The highest BCUT2D eigenvalue weighted by molar-refractivity contribution is 5.63. The van der Waals surface area contributed by atoms with Crippen LogP contribution < -0.4 is 20.3 Å². The van der Waals surface area contributed by atoms with Crippen molar-refractivity contribution in [2.45, 2.75) is 76.0 Å². The molecule has 1 aromatic heterocycles. The van der Waals surface area contributed by atoms with Crippen molar-refractivity contribution in [3.63, 3.8) is 0 Å². The van der Waals surface area contributed by atoms with E-state index < -0.39 is 6.36 Å². The lowest BCUT2D eigenvalue weighted by Crippen LogP contribution is -2.56. The van der Waals surface area contributed by atoms with Gasteiger partial charge in [0, 0.05) is 48.0 Å². The van der Waals surface area contributed by atoms with Crippen LogP contribution in [0, 0.1) is 12.8 Å². The molecule has 3 fully saturated rings. The summed E-state index contributed by atoms with van der Waals surface area (Å²) in [7, 11) is 0. The summed E-state index contributed by atoms with van der Waals surface area (Å²) in [6.07, 6.45) is 3.81. The van der Waals surface area contributed by atoms with Gasteiger partial charge in [0.1, 0.15) is 17.9 Å². The standard InChI is InChI=1S/C30H34F3N5O/c1-19-6-10-22(11-7-19)38-17-20-14-27(28(38)15-20)36-24-4-2-3-5-25(24)37-29-16-26(34-18-35-29)21-8-12-23(13-9-21)39-30(31,32)33/h6-13,16,18,20,24-25,27-28,36H,2-5,14-15,17H2,1H3,(H,34,35,37)/t20-,24-,25-,27+,28-/m1/s1. The van der Waals surface area contributed by atoms with E-state index in [-0.39, 0.29) is 11.8 Å². The average molecular weight is 538 g/mol. The second-order valence-corrected chi connectivity index (χ2v) is 11.2. The number of halogens is 3. The molecule has 2 aliphatic carbocycles. The molecule has 2 heterocycles. The zero-order valence-electron chi connectivity index (χ0n) is 22.0. The number of rotatable bonds is 7. The third kappa shape index (κ3) is 5.98. The molecule has 0 unspecified atom stereocenters. The Morgan fingerprint density at radius 2 is 1.64 bits per heavy atom. The maximum atomic E-state index is 12.5. The van der Waals surface area contributed by atoms with Crippen molar-refractivity contribution >= 4 is 11.5 Å². The summed E-state index contributed by atoms with van der Waals surface area (Å²) in [5.74, 6) is 1.21. The van der Waals surface area contributed by atoms with Crippen molar-refractivity contribution < 1.29 is 17.9 Å². The fourth-order valence-corrected chi connectivity index (χ4v) is 6.63. The summed E-state index contributed by atoms with van der Waals surface area (Å²) in [5, 5.41) is 7.70. The van der Waals surface area contributed by atoms with E-state index in [0.717, 1.165) is 31.1 Å². The van der Waals surface area contributed by atoms with E-state index in [1.807, 2.05) is 6.07 Å². The number of benzene rings is 2. The van der Waals surface area contributed by atoms with Gasteiger partial charge in [0.15, 0.2) is 0 Å². The molecule has 2 bridgehead atoms. The molecule has 0 spiro atoms. The quantitative estimate of drug-likeness (QED) is 0.367. The van der Waals surface area contributed by atoms with E-state index in [4.69, 9.17) is 0 Å². The molecular weight excluding hydrogens is 503 g/mol. The Morgan fingerprint density at radius 3 is 2.36 bits per heavy atom. The van der Waals surface area contributed by atoms with Gasteiger partial charge in [-0.15, -0.1) is 13.2 Å². The van der Waals surface area contributed by atoms with Crippen LogP contribution in [0.1, 0.15) is 44.1 Å². The van der Waals surface area contributed by atoms with Gasteiger partial charge in [0.25, 0.3) is 0 Å². The number of hydrogen-bond acceptors (Lipinski definition) is 6. The summed E-state index contributed by atoms with van der Waals surface area (Å²) < 4.78 is 41.5. The van der Waals surface area contributed by atoms with Gasteiger partial charge in [-0.1, -0.05) is 30.5 Å². The molecule has 2 N–H and O–H groups in total. The molecule has 2 aromatic carbocycles. The van der Waals surface area contributed by atoms with Crippen LogP contribution in [-0.4, -0.2) is 47.0 Å². The molecule has 1 aliphatic heterocycles. The number of nitrogens with one attached hydrogen (secondary N) is 2. The van der Waals surface area contributed by atoms with Crippen LogP contribution in [-0.2, 0) is 0 Å². The Balaban J connectivity index is 1.12. The van der Waals surface area contributed by atoms with Gasteiger partial charge in [-0.25, -0.2) is 9.97 Å². The summed E-state index contributed by atoms with van der Waals surface area (Å²) in [6.45, 7) is 3.27. The second kappa shape index (κ2) is 10.7. The highest BCUT2D eigenvalue weighted by Gasteiger charge is 2.46. The third-order valence-corrected chi connectivity index (χ3v) is 8.43. The highest BCUT2D eigenvalue weighted by Crippen LogP contribution is 2.41. The van der Waals surface area contributed by atoms with E-state index in [1.165, 1.54) is 55.4 Å². The van der Waals surface area contributed by atoms with Crippen molar-refractivity contribution in [3.05, 3.63) is 66.5 Å².